The first-order valence-corrected chi connectivity index (χ1v) is 9.14. The van der Waals surface area contributed by atoms with Crippen molar-refractivity contribution in [3.05, 3.63) is 35.6 Å². The molecular weight excluding hydrogens is 284 g/mol. The number of allylic oxidation sites excluding steroid dienone is 2. The van der Waals surface area contributed by atoms with Crippen LogP contribution in [0.1, 0.15) is 60.8 Å². The van der Waals surface area contributed by atoms with Crippen LogP contribution in [0.4, 0.5) is 0 Å². The van der Waals surface area contributed by atoms with Crippen molar-refractivity contribution in [1.29, 1.82) is 0 Å². The second kappa shape index (κ2) is 5.51. The smallest absolute Gasteiger partial charge is 0.123 e. The molecule has 23 heavy (non-hydrogen) atoms. The summed E-state index contributed by atoms with van der Waals surface area (Å²) in [6.07, 6.45) is 8.07. The first-order valence-electron chi connectivity index (χ1n) is 9.14. The second-order valence-electron chi connectivity index (χ2n) is 8.23. The standard InChI is InChI=1S/C21H32O2/c1-8-15(5)17(7)22-18-11-14(4)12-21-19(18)16(6)9-10-20(21,23-21)13(2)3/h8,12-13,16,18-19H,7,9-11H2,1-6H3. The highest BCUT2D eigenvalue weighted by molar-refractivity contribution is 5.37. The topological polar surface area (TPSA) is 21.8 Å². The Hall–Kier alpha value is -1.02. The molecule has 5 atom stereocenters. The monoisotopic (exact) mass is 316 g/mol. The van der Waals surface area contributed by atoms with Crippen LogP contribution in [0.25, 0.3) is 0 Å². The van der Waals surface area contributed by atoms with Crippen LogP contribution in [-0.4, -0.2) is 17.3 Å². The Morgan fingerprint density at radius 1 is 1.48 bits per heavy atom. The molecule has 1 saturated heterocycles. The molecule has 2 aliphatic carbocycles. The summed E-state index contributed by atoms with van der Waals surface area (Å²) in [5.74, 6) is 2.41. The van der Waals surface area contributed by atoms with Crippen LogP contribution < -0.4 is 0 Å². The number of rotatable bonds is 4. The fourth-order valence-corrected chi connectivity index (χ4v) is 5.09. The summed E-state index contributed by atoms with van der Waals surface area (Å²) in [5, 5.41) is 0. The molecule has 0 radical (unpaired) electrons. The van der Waals surface area contributed by atoms with E-state index in [1.807, 2.05) is 6.92 Å². The summed E-state index contributed by atoms with van der Waals surface area (Å²) in [5.41, 5.74) is 2.45. The van der Waals surface area contributed by atoms with E-state index in [-0.39, 0.29) is 17.3 Å². The molecule has 0 aromatic rings. The Kier molecular flexibility index (Phi) is 4.03. The van der Waals surface area contributed by atoms with Gasteiger partial charge in [-0.1, -0.05) is 45.1 Å². The van der Waals surface area contributed by atoms with Crippen LogP contribution in [0.2, 0.25) is 0 Å². The number of ether oxygens (including phenoxy) is 2. The normalized spacial score (nSPS) is 42.7. The average molecular weight is 316 g/mol. The molecule has 3 rings (SSSR count). The zero-order valence-electron chi connectivity index (χ0n) is 15.6. The van der Waals surface area contributed by atoms with Gasteiger partial charge in [-0.2, -0.15) is 0 Å². The maximum atomic E-state index is 6.56. The van der Waals surface area contributed by atoms with Crippen LogP contribution in [0.5, 0.6) is 0 Å². The Morgan fingerprint density at radius 2 is 2.17 bits per heavy atom. The van der Waals surface area contributed by atoms with E-state index in [0.29, 0.717) is 17.8 Å². The molecule has 2 nitrogen and oxygen atoms in total. The van der Waals surface area contributed by atoms with Crippen LogP contribution in [0, 0.1) is 17.8 Å². The van der Waals surface area contributed by atoms with E-state index in [1.54, 1.807) is 0 Å². The van der Waals surface area contributed by atoms with Gasteiger partial charge in [-0.3, -0.25) is 0 Å². The van der Waals surface area contributed by atoms with Gasteiger partial charge in [0, 0.05) is 12.3 Å². The van der Waals surface area contributed by atoms with E-state index < -0.39 is 0 Å². The molecule has 1 saturated carbocycles. The van der Waals surface area contributed by atoms with Gasteiger partial charge in [-0.05, 0) is 51.0 Å². The lowest BCUT2D eigenvalue weighted by Gasteiger charge is -2.44. The molecule has 0 amide bonds. The van der Waals surface area contributed by atoms with Gasteiger partial charge in [0.05, 0.1) is 0 Å². The highest BCUT2D eigenvalue weighted by atomic mass is 16.6. The van der Waals surface area contributed by atoms with Crippen molar-refractivity contribution >= 4 is 0 Å². The predicted molar refractivity (Wildman–Crippen MR) is 95.1 cm³/mol. The quantitative estimate of drug-likeness (QED) is 0.299. The molecule has 5 unspecified atom stereocenters. The van der Waals surface area contributed by atoms with E-state index in [2.05, 4.69) is 53.3 Å². The van der Waals surface area contributed by atoms with Crippen LogP contribution in [0.15, 0.2) is 35.6 Å². The van der Waals surface area contributed by atoms with Crippen molar-refractivity contribution in [2.45, 2.75) is 78.1 Å². The minimum Gasteiger partial charge on any atom is -0.490 e. The number of hydrogen-bond acceptors (Lipinski definition) is 2. The van der Waals surface area contributed by atoms with Gasteiger partial charge in [0.25, 0.3) is 0 Å². The molecule has 128 valence electrons. The summed E-state index contributed by atoms with van der Waals surface area (Å²) >= 11 is 0. The summed E-state index contributed by atoms with van der Waals surface area (Å²) in [6, 6.07) is 0. The molecule has 3 aliphatic rings. The third-order valence-corrected chi connectivity index (χ3v) is 6.53. The SMILES string of the molecule is C=C(OC1CC(C)=CC23OC2(C(C)C)CCC(C)C13)C(C)=CC. The molecule has 1 aliphatic heterocycles. The van der Waals surface area contributed by atoms with Crippen molar-refractivity contribution in [2.75, 3.05) is 0 Å². The lowest BCUT2D eigenvalue weighted by atomic mass is 9.59. The fraction of sp³-hybridized carbons (Fsp3) is 0.714. The van der Waals surface area contributed by atoms with Crippen LogP contribution in [0.3, 0.4) is 0 Å². The molecular formula is C21H32O2. The summed E-state index contributed by atoms with van der Waals surface area (Å²) in [7, 11) is 0. The van der Waals surface area contributed by atoms with Gasteiger partial charge >= 0.3 is 0 Å². The van der Waals surface area contributed by atoms with Crippen molar-refractivity contribution in [1.82, 2.24) is 0 Å². The Balaban J connectivity index is 1.93. The molecule has 1 spiro atoms. The molecule has 0 aromatic carbocycles. The first-order chi connectivity index (χ1) is 10.8. The van der Waals surface area contributed by atoms with E-state index in [0.717, 1.165) is 17.8 Å². The zero-order chi connectivity index (χ0) is 17.0. The van der Waals surface area contributed by atoms with Gasteiger partial charge in [0.1, 0.15) is 23.1 Å². The fourth-order valence-electron chi connectivity index (χ4n) is 5.09. The molecule has 0 bridgehead atoms. The van der Waals surface area contributed by atoms with Gasteiger partial charge in [-0.25, -0.2) is 0 Å². The van der Waals surface area contributed by atoms with E-state index in [4.69, 9.17) is 9.47 Å². The summed E-state index contributed by atoms with van der Waals surface area (Å²) < 4.78 is 12.9. The maximum Gasteiger partial charge on any atom is 0.123 e. The highest BCUT2D eigenvalue weighted by Crippen LogP contribution is 2.68. The second-order valence-corrected chi connectivity index (χ2v) is 8.23. The van der Waals surface area contributed by atoms with Crippen molar-refractivity contribution < 1.29 is 9.47 Å². The third kappa shape index (κ3) is 2.33. The van der Waals surface area contributed by atoms with E-state index >= 15 is 0 Å². The van der Waals surface area contributed by atoms with Crippen LogP contribution in [-0.2, 0) is 9.47 Å². The first kappa shape index (κ1) is 16.8. The molecule has 1 heterocycles. The van der Waals surface area contributed by atoms with E-state index in [9.17, 15) is 0 Å². The minimum absolute atomic E-state index is 0.0322. The summed E-state index contributed by atoms with van der Waals surface area (Å²) in [6.45, 7) is 17.4. The number of hydrogen-bond donors (Lipinski definition) is 0. The van der Waals surface area contributed by atoms with Gasteiger partial charge in [-0.15, -0.1) is 0 Å². The van der Waals surface area contributed by atoms with Crippen LogP contribution >= 0.6 is 0 Å². The predicted octanol–water partition coefficient (Wildman–Crippen LogP) is 5.41. The molecule has 2 fully saturated rings. The Labute approximate surface area is 141 Å². The Morgan fingerprint density at radius 3 is 2.78 bits per heavy atom. The van der Waals surface area contributed by atoms with Crippen molar-refractivity contribution in [2.24, 2.45) is 17.8 Å². The van der Waals surface area contributed by atoms with Gasteiger partial charge in [0.2, 0.25) is 0 Å². The third-order valence-electron chi connectivity index (χ3n) is 6.53. The highest BCUT2D eigenvalue weighted by Gasteiger charge is 2.77. The maximum absolute atomic E-state index is 6.56. The van der Waals surface area contributed by atoms with E-state index in [1.165, 1.54) is 18.4 Å². The molecule has 0 N–H and O–H groups in total. The summed E-state index contributed by atoms with van der Waals surface area (Å²) in [4.78, 5) is 0. The zero-order valence-corrected chi connectivity index (χ0v) is 15.6. The average Bonchev–Trinajstić information content (AvgIpc) is 3.14. The van der Waals surface area contributed by atoms with Gasteiger partial charge in [0.15, 0.2) is 0 Å². The largest absolute Gasteiger partial charge is 0.490 e. The minimum atomic E-state index is -0.101. The number of epoxide rings is 1. The molecule has 2 heteroatoms. The lowest BCUT2D eigenvalue weighted by molar-refractivity contribution is -0.00160. The van der Waals surface area contributed by atoms with Crippen molar-refractivity contribution in [3.63, 3.8) is 0 Å². The Bertz CT molecular complexity index is 570. The van der Waals surface area contributed by atoms with Crippen molar-refractivity contribution in [3.8, 4) is 0 Å². The van der Waals surface area contributed by atoms with Gasteiger partial charge < -0.3 is 9.47 Å². The lowest BCUT2D eigenvalue weighted by Crippen LogP contribution is -2.51. The molecule has 0 aromatic heterocycles.